The third-order valence-electron chi connectivity index (χ3n) is 3.56. The van der Waals surface area contributed by atoms with E-state index in [1.165, 1.54) is 0 Å². The summed E-state index contributed by atoms with van der Waals surface area (Å²) in [7, 11) is 0. The summed E-state index contributed by atoms with van der Waals surface area (Å²) in [5, 5.41) is 4.52. The Hall–Kier alpha value is -2.37. The van der Waals surface area contributed by atoms with Gasteiger partial charge in [0.25, 0.3) is 5.91 Å². The standard InChI is InChI=1S/C17H24N2O4/c1-4-12(3)15(13-9-7-6-8-10-13)16(21)23-11-14(20)19-17(22)18-5-2/h6-10,12,15H,4-5,11H2,1-3H3,(H2,18,19,20,22)/t12-,15+/m1/s1. The van der Waals surface area contributed by atoms with Crippen LogP contribution in [0, 0.1) is 5.92 Å². The molecule has 0 saturated heterocycles. The maximum absolute atomic E-state index is 12.4. The number of hydrogen-bond acceptors (Lipinski definition) is 4. The van der Waals surface area contributed by atoms with Crippen molar-refractivity contribution in [2.24, 2.45) is 5.92 Å². The van der Waals surface area contributed by atoms with Gasteiger partial charge in [0.1, 0.15) is 0 Å². The smallest absolute Gasteiger partial charge is 0.321 e. The summed E-state index contributed by atoms with van der Waals surface area (Å²) in [6.07, 6.45) is 0.805. The Kier molecular flexibility index (Phi) is 7.80. The first-order chi connectivity index (χ1) is 11.0. The molecule has 0 aromatic heterocycles. The van der Waals surface area contributed by atoms with E-state index in [2.05, 4.69) is 10.6 Å². The Morgan fingerprint density at radius 2 is 1.78 bits per heavy atom. The molecule has 0 radical (unpaired) electrons. The topological polar surface area (TPSA) is 84.5 Å². The Morgan fingerprint density at radius 3 is 2.35 bits per heavy atom. The van der Waals surface area contributed by atoms with Gasteiger partial charge >= 0.3 is 12.0 Å². The number of carbonyl (C=O) groups is 3. The van der Waals surface area contributed by atoms with Gasteiger partial charge in [-0.15, -0.1) is 0 Å². The van der Waals surface area contributed by atoms with Crippen LogP contribution in [0.25, 0.3) is 0 Å². The number of carbonyl (C=O) groups excluding carboxylic acids is 3. The third kappa shape index (κ3) is 6.10. The number of amides is 3. The molecule has 0 bridgehead atoms. The van der Waals surface area contributed by atoms with Crippen molar-refractivity contribution in [3.8, 4) is 0 Å². The lowest BCUT2D eigenvalue weighted by Gasteiger charge is -2.21. The van der Waals surface area contributed by atoms with E-state index in [1.54, 1.807) is 6.92 Å². The van der Waals surface area contributed by atoms with Gasteiger partial charge in [0.2, 0.25) is 0 Å². The molecule has 2 atom stereocenters. The maximum atomic E-state index is 12.4. The summed E-state index contributed by atoms with van der Waals surface area (Å²) in [6, 6.07) is 8.73. The van der Waals surface area contributed by atoms with Crippen LogP contribution in [0.1, 0.15) is 38.7 Å². The van der Waals surface area contributed by atoms with Crippen LogP contribution in [-0.2, 0) is 14.3 Å². The van der Waals surface area contributed by atoms with E-state index in [-0.39, 0.29) is 5.92 Å². The van der Waals surface area contributed by atoms with E-state index in [4.69, 9.17) is 4.74 Å². The largest absolute Gasteiger partial charge is 0.455 e. The number of ether oxygens (including phenoxy) is 1. The van der Waals surface area contributed by atoms with Gasteiger partial charge in [-0.25, -0.2) is 4.79 Å². The predicted molar refractivity (Wildman–Crippen MR) is 86.8 cm³/mol. The summed E-state index contributed by atoms with van der Waals surface area (Å²) >= 11 is 0. The molecule has 23 heavy (non-hydrogen) atoms. The van der Waals surface area contributed by atoms with E-state index < -0.39 is 30.4 Å². The van der Waals surface area contributed by atoms with Gasteiger partial charge in [-0.05, 0) is 18.4 Å². The molecule has 2 N–H and O–H groups in total. The first-order valence-electron chi connectivity index (χ1n) is 7.78. The molecule has 0 fully saturated rings. The fourth-order valence-corrected chi connectivity index (χ4v) is 2.19. The molecular formula is C17H24N2O4. The minimum absolute atomic E-state index is 0.0800. The molecule has 1 aromatic carbocycles. The number of nitrogens with one attached hydrogen (secondary N) is 2. The molecule has 1 aromatic rings. The van der Waals surface area contributed by atoms with Crippen molar-refractivity contribution in [3.63, 3.8) is 0 Å². The number of hydrogen-bond donors (Lipinski definition) is 2. The van der Waals surface area contributed by atoms with Crippen molar-refractivity contribution in [2.45, 2.75) is 33.1 Å². The number of benzene rings is 1. The van der Waals surface area contributed by atoms with Crippen molar-refractivity contribution in [1.82, 2.24) is 10.6 Å². The minimum Gasteiger partial charge on any atom is -0.455 e. The monoisotopic (exact) mass is 320 g/mol. The van der Waals surface area contributed by atoms with Gasteiger partial charge in [-0.3, -0.25) is 14.9 Å². The summed E-state index contributed by atoms with van der Waals surface area (Å²) < 4.78 is 5.09. The fourth-order valence-electron chi connectivity index (χ4n) is 2.19. The average Bonchev–Trinajstić information content (AvgIpc) is 2.54. The molecule has 126 valence electrons. The highest BCUT2D eigenvalue weighted by molar-refractivity contribution is 5.95. The van der Waals surface area contributed by atoms with E-state index in [9.17, 15) is 14.4 Å². The Morgan fingerprint density at radius 1 is 1.13 bits per heavy atom. The Labute approximate surface area is 136 Å². The fraction of sp³-hybridized carbons (Fsp3) is 0.471. The van der Waals surface area contributed by atoms with Crippen molar-refractivity contribution in [1.29, 1.82) is 0 Å². The highest BCUT2D eigenvalue weighted by atomic mass is 16.5. The van der Waals surface area contributed by atoms with Crippen molar-refractivity contribution in [3.05, 3.63) is 35.9 Å². The molecule has 3 amide bonds. The van der Waals surface area contributed by atoms with Gasteiger partial charge < -0.3 is 10.1 Å². The van der Waals surface area contributed by atoms with Crippen LogP contribution < -0.4 is 10.6 Å². The van der Waals surface area contributed by atoms with Crippen molar-refractivity contribution in [2.75, 3.05) is 13.2 Å². The highest BCUT2D eigenvalue weighted by Crippen LogP contribution is 2.28. The Balaban J connectivity index is 2.65. The number of urea groups is 1. The molecule has 0 aliphatic carbocycles. The van der Waals surface area contributed by atoms with Gasteiger partial charge in [-0.2, -0.15) is 0 Å². The molecule has 0 heterocycles. The number of esters is 1. The molecule has 6 heteroatoms. The zero-order chi connectivity index (χ0) is 17.2. The van der Waals surface area contributed by atoms with Crippen LogP contribution >= 0.6 is 0 Å². The maximum Gasteiger partial charge on any atom is 0.321 e. The SMILES string of the molecule is CCNC(=O)NC(=O)COC(=O)[C@H](c1ccccc1)[C@H](C)CC. The molecule has 0 aliphatic heterocycles. The summed E-state index contributed by atoms with van der Waals surface area (Å²) in [4.78, 5) is 35.2. The first kappa shape index (κ1) is 18.7. The molecule has 0 spiro atoms. The predicted octanol–water partition coefficient (Wildman–Crippen LogP) is 2.21. The lowest BCUT2D eigenvalue weighted by molar-refractivity contribution is -0.151. The molecule has 6 nitrogen and oxygen atoms in total. The van der Waals surface area contributed by atoms with Crippen molar-refractivity contribution < 1.29 is 19.1 Å². The molecule has 1 rings (SSSR count). The average molecular weight is 320 g/mol. The molecular weight excluding hydrogens is 296 g/mol. The summed E-state index contributed by atoms with van der Waals surface area (Å²) in [6.45, 7) is 5.63. The highest BCUT2D eigenvalue weighted by Gasteiger charge is 2.27. The van der Waals surface area contributed by atoms with Gasteiger partial charge in [0.15, 0.2) is 6.61 Å². The zero-order valence-corrected chi connectivity index (χ0v) is 13.8. The van der Waals surface area contributed by atoms with Crippen molar-refractivity contribution >= 4 is 17.9 Å². The van der Waals surface area contributed by atoms with Gasteiger partial charge in [0, 0.05) is 6.54 Å². The minimum atomic E-state index is -0.653. The van der Waals surface area contributed by atoms with E-state index in [1.807, 2.05) is 44.2 Å². The lowest BCUT2D eigenvalue weighted by Crippen LogP contribution is -2.41. The quantitative estimate of drug-likeness (QED) is 0.754. The summed E-state index contributed by atoms with van der Waals surface area (Å²) in [5.74, 6) is -1.47. The molecule has 0 unspecified atom stereocenters. The van der Waals surface area contributed by atoms with Crippen LogP contribution in [0.15, 0.2) is 30.3 Å². The zero-order valence-electron chi connectivity index (χ0n) is 13.8. The Bertz CT molecular complexity index is 531. The second-order valence-electron chi connectivity index (χ2n) is 5.29. The second kappa shape index (κ2) is 9.61. The van der Waals surface area contributed by atoms with E-state index in [0.29, 0.717) is 6.54 Å². The number of imide groups is 1. The van der Waals surface area contributed by atoms with Crippen LogP contribution in [-0.4, -0.2) is 31.1 Å². The lowest BCUT2D eigenvalue weighted by atomic mass is 9.86. The normalized spacial score (nSPS) is 12.8. The van der Waals surface area contributed by atoms with E-state index >= 15 is 0 Å². The number of rotatable bonds is 7. The van der Waals surface area contributed by atoms with Crippen LogP contribution in [0.3, 0.4) is 0 Å². The molecule has 0 aliphatic rings. The first-order valence-corrected chi connectivity index (χ1v) is 7.78. The van der Waals surface area contributed by atoms with Gasteiger partial charge in [-0.1, -0.05) is 50.6 Å². The van der Waals surface area contributed by atoms with Crippen LogP contribution in [0.5, 0.6) is 0 Å². The van der Waals surface area contributed by atoms with Crippen LogP contribution in [0.2, 0.25) is 0 Å². The third-order valence-corrected chi connectivity index (χ3v) is 3.56. The summed E-state index contributed by atoms with van der Waals surface area (Å²) in [5.41, 5.74) is 0.857. The van der Waals surface area contributed by atoms with Gasteiger partial charge in [0.05, 0.1) is 5.92 Å². The molecule has 0 saturated carbocycles. The van der Waals surface area contributed by atoms with E-state index in [0.717, 1.165) is 12.0 Å². The van der Waals surface area contributed by atoms with Crippen LogP contribution in [0.4, 0.5) is 4.79 Å². The second-order valence-corrected chi connectivity index (χ2v) is 5.29.